The smallest absolute Gasteiger partial charge is 0.0357 e. The highest BCUT2D eigenvalue weighted by Gasteiger charge is 2.41. The van der Waals surface area contributed by atoms with Gasteiger partial charge >= 0.3 is 0 Å². The molecule has 90 valence electrons. The molecule has 0 aromatic rings. The van der Waals surface area contributed by atoms with E-state index in [1.165, 1.54) is 50.0 Å². The maximum Gasteiger partial charge on any atom is 0.0357 e. The second kappa shape index (κ2) is 4.61. The molecule has 2 heteroatoms. The zero-order valence-electron chi connectivity index (χ0n) is 10.2. The van der Waals surface area contributed by atoms with E-state index in [9.17, 15) is 0 Å². The molecule has 0 aromatic heterocycles. The Morgan fingerprint density at radius 2 is 2.19 bits per heavy atom. The molecule has 2 aliphatic carbocycles. The molecule has 3 atom stereocenters. The van der Waals surface area contributed by atoms with E-state index in [-0.39, 0.29) is 0 Å². The van der Waals surface area contributed by atoms with Gasteiger partial charge < -0.3 is 0 Å². The molecular formula is C14H22S2. The van der Waals surface area contributed by atoms with Gasteiger partial charge in [0.15, 0.2) is 0 Å². The second-order valence-electron chi connectivity index (χ2n) is 5.79. The van der Waals surface area contributed by atoms with E-state index >= 15 is 0 Å². The highest BCUT2D eigenvalue weighted by atomic mass is 32.2. The van der Waals surface area contributed by atoms with Gasteiger partial charge in [-0.2, -0.15) is 11.8 Å². The van der Waals surface area contributed by atoms with Crippen LogP contribution in [0.5, 0.6) is 0 Å². The molecule has 3 rings (SSSR count). The molecule has 0 spiro atoms. The fraction of sp³-hybridized carbons (Fsp3) is 0.857. The second-order valence-corrected chi connectivity index (χ2v) is 8.27. The molecule has 0 amide bonds. The normalized spacial score (nSPS) is 43.9. The quantitative estimate of drug-likeness (QED) is 0.614. The molecule has 1 aliphatic heterocycles. The number of allylic oxidation sites excluding steroid dienone is 1. The summed E-state index contributed by atoms with van der Waals surface area (Å²) < 4.78 is 0. The lowest BCUT2D eigenvalue weighted by molar-refractivity contribution is 0.154. The van der Waals surface area contributed by atoms with E-state index in [1.54, 1.807) is 4.91 Å². The van der Waals surface area contributed by atoms with Gasteiger partial charge in [0.2, 0.25) is 0 Å². The van der Waals surface area contributed by atoms with Crippen LogP contribution in [0.2, 0.25) is 0 Å². The van der Waals surface area contributed by atoms with Crippen LogP contribution in [0.3, 0.4) is 0 Å². The third kappa shape index (κ3) is 2.08. The van der Waals surface area contributed by atoms with E-state index in [0.29, 0.717) is 5.41 Å². The molecule has 0 bridgehead atoms. The van der Waals surface area contributed by atoms with Crippen LogP contribution in [0.15, 0.2) is 11.0 Å². The number of hydrogen-bond donors (Lipinski definition) is 0. The largest absolute Gasteiger partial charge is 0.153 e. The van der Waals surface area contributed by atoms with Crippen LogP contribution in [-0.4, -0.2) is 16.8 Å². The summed E-state index contributed by atoms with van der Waals surface area (Å²) in [6, 6.07) is 0. The Kier molecular flexibility index (Phi) is 3.32. The number of thioether (sulfide) groups is 2. The molecule has 2 fully saturated rings. The molecule has 0 radical (unpaired) electrons. The summed E-state index contributed by atoms with van der Waals surface area (Å²) in [6.07, 6.45) is 11.4. The zero-order chi connectivity index (χ0) is 11.0. The lowest BCUT2D eigenvalue weighted by Crippen LogP contribution is -2.35. The van der Waals surface area contributed by atoms with Crippen LogP contribution < -0.4 is 0 Å². The van der Waals surface area contributed by atoms with Crippen molar-refractivity contribution < 1.29 is 0 Å². The number of hydrogen-bond acceptors (Lipinski definition) is 2. The van der Waals surface area contributed by atoms with Crippen LogP contribution in [0.4, 0.5) is 0 Å². The lowest BCUT2D eigenvalue weighted by Gasteiger charge is -2.45. The van der Waals surface area contributed by atoms with Crippen molar-refractivity contribution in [3.8, 4) is 0 Å². The minimum Gasteiger partial charge on any atom is -0.153 e. The van der Waals surface area contributed by atoms with Crippen molar-refractivity contribution in [3.05, 3.63) is 11.0 Å². The van der Waals surface area contributed by atoms with Crippen molar-refractivity contribution in [1.29, 1.82) is 0 Å². The van der Waals surface area contributed by atoms with E-state index in [4.69, 9.17) is 0 Å². The Labute approximate surface area is 108 Å². The van der Waals surface area contributed by atoms with Crippen molar-refractivity contribution in [3.63, 3.8) is 0 Å². The standard InChI is InChI=1S/C14H22S2/c1-14-6-3-2-5-11(14)9-12-13(10-14)16-8-4-7-15-12/h10-12H,2-9H2,1H3/t11-,12?,14-/m0/s1. The van der Waals surface area contributed by atoms with Crippen LogP contribution in [0.1, 0.15) is 45.4 Å². The van der Waals surface area contributed by atoms with Crippen molar-refractivity contribution in [2.24, 2.45) is 11.3 Å². The van der Waals surface area contributed by atoms with Crippen molar-refractivity contribution in [2.75, 3.05) is 11.5 Å². The molecule has 1 saturated heterocycles. The van der Waals surface area contributed by atoms with Crippen LogP contribution >= 0.6 is 23.5 Å². The Morgan fingerprint density at radius 3 is 3.12 bits per heavy atom. The maximum atomic E-state index is 2.69. The highest BCUT2D eigenvalue weighted by molar-refractivity contribution is 8.06. The summed E-state index contributed by atoms with van der Waals surface area (Å²) in [5.74, 6) is 3.73. The Hall–Kier alpha value is 0.440. The molecule has 16 heavy (non-hydrogen) atoms. The minimum atomic E-state index is 0.558. The first-order chi connectivity index (χ1) is 7.78. The molecule has 1 saturated carbocycles. The predicted octanol–water partition coefficient (Wildman–Crippen LogP) is 4.71. The average molecular weight is 254 g/mol. The first kappa shape index (κ1) is 11.5. The van der Waals surface area contributed by atoms with Crippen LogP contribution in [-0.2, 0) is 0 Å². The van der Waals surface area contributed by atoms with Gasteiger partial charge in [-0.25, -0.2) is 0 Å². The number of fused-ring (bicyclic) bond motifs is 2. The molecular weight excluding hydrogens is 232 g/mol. The van der Waals surface area contributed by atoms with Gasteiger partial charge in [-0.1, -0.05) is 25.8 Å². The van der Waals surface area contributed by atoms with E-state index in [2.05, 4.69) is 36.5 Å². The van der Waals surface area contributed by atoms with Gasteiger partial charge in [0.05, 0.1) is 0 Å². The van der Waals surface area contributed by atoms with Gasteiger partial charge in [0.1, 0.15) is 0 Å². The SMILES string of the molecule is C[C@]12C=C3SCCCSC3C[C@@H]1CCCC2. The summed E-state index contributed by atoms with van der Waals surface area (Å²) in [7, 11) is 0. The fourth-order valence-corrected chi connectivity index (χ4v) is 6.51. The number of rotatable bonds is 0. The third-order valence-electron chi connectivity index (χ3n) is 4.62. The lowest BCUT2D eigenvalue weighted by atomic mass is 9.63. The van der Waals surface area contributed by atoms with E-state index in [0.717, 1.165) is 11.2 Å². The summed E-state index contributed by atoms with van der Waals surface area (Å²) in [6.45, 7) is 2.52. The Bertz CT molecular complexity index is 297. The Morgan fingerprint density at radius 1 is 1.25 bits per heavy atom. The summed E-state index contributed by atoms with van der Waals surface area (Å²) in [5.41, 5.74) is 0.558. The summed E-state index contributed by atoms with van der Waals surface area (Å²) in [5, 5.41) is 0.865. The maximum absolute atomic E-state index is 2.69. The zero-order valence-corrected chi connectivity index (χ0v) is 11.8. The monoisotopic (exact) mass is 254 g/mol. The van der Waals surface area contributed by atoms with Gasteiger partial charge in [0.25, 0.3) is 0 Å². The highest BCUT2D eigenvalue weighted by Crippen LogP contribution is 2.53. The van der Waals surface area contributed by atoms with Crippen molar-refractivity contribution >= 4 is 23.5 Å². The first-order valence-electron chi connectivity index (χ1n) is 6.75. The fourth-order valence-electron chi connectivity index (χ4n) is 3.56. The molecule has 1 unspecified atom stereocenters. The van der Waals surface area contributed by atoms with Gasteiger partial charge in [0, 0.05) is 5.25 Å². The van der Waals surface area contributed by atoms with Gasteiger partial charge in [-0.05, 0) is 53.4 Å². The van der Waals surface area contributed by atoms with Crippen LogP contribution in [0, 0.1) is 11.3 Å². The van der Waals surface area contributed by atoms with Gasteiger partial charge in [-0.15, -0.1) is 11.8 Å². The third-order valence-corrected chi connectivity index (χ3v) is 7.37. The van der Waals surface area contributed by atoms with E-state index in [1.807, 2.05) is 0 Å². The summed E-state index contributed by atoms with van der Waals surface area (Å²) in [4.78, 5) is 1.74. The average Bonchev–Trinajstić information content (AvgIpc) is 2.49. The van der Waals surface area contributed by atoms with Gasteiger partial charge in [-0.3, -0.25) is 0 Å². The molecule has 0 nitrogen and oxygen atoms in total. The first-order valence-corrected chi connectivity index (χ1v) is 8.78. The topological polar surface area (TPSA) is 0 Å². The minimum absolute atomic E-state index is 0.558. The predicted molar refractivity (Wildman–Crippen MR) is 76.1 cm³/mol. The molecule has 0 aromatic carbocycles. The van der Waals surface area contributed by atoms with Crippen LogP contribution in [0.25, 0.3) is 0 Å². The van der Waals surface area contributed by atoms with E-state index < -0.39 is 0 Å². The molecule has 3 aliphatic rings. The Balaban J connectivity index is 1.87. The van der Waals surface area contributed by atoms with Crippen molar-refractivity contribution in [2.45, 2.75) is 50.7 Å². The molecule has 1 heterocycles. The molecule has 0 N–H and O–H groups in total. The summed E-state index contributed by atoms with van der Waals surface area (Å²) >= 11 is 4.40. The van der Waals surface area contributed by atoms with Crippen molar-refractivity contribution in [1.82, 2.24) is 0 Å².